The first-order chi connectivity index (χ1) is 9.72. The summed E-state index contributed by atoms with van der Waals surface area (Å²) in [6.07, 6.45) is 2.97. The van der Waals surface area contributed by atoms with E-state index in [1.54, 1.807) is 0 Å². The van der Waals surface area contributed by atoms with Crippen molar-refractivity contribution >= 4 is 5.69 Å². The number of nitrogens with one attached hydrogen (secondary N) is 1. The van der Waals surface area contributed by atoms with Gasteiger partial charge in [0.15, 0.2) is 5.82 Å². The summed E-state index contributed by atoms with van der Waals surface area (Å²) in [6.45, 7) is 5.29. The topological polar surface area (TPSA) is 51.0 Å². The Morgan fingerprint density at radius 2 is 2.20 bits per heavy atom. The number of fused-ring (bicyclic) bond motifs is 1. The zero-order chi connectivity index (χ0) is 13.9. The molecule has 1 aliphatic rings. The van der Waals surface area contributed by atoms with Crippen LogP contribution in [0.4, 0.5) is 5.69 Å². The molecule has 1 aromatic heterocycles. The molecule has 1 N–H and O–H groups in total. The van der Waals surface area contributed by atoms with E-state index in [0.717, 1.165) is 37.5 Å². The maximum Gasteiger partial charge on any atom is 0.231 e. The molecule has 2 heterocycles. The van der Waals surface area contributed by atoms with Crippen molar-refractivity contribution in [1.29, 1.82) is 0 Å². The van der Waals surface area contributed by atoms with Gasteiger partial charge in [-0.2, -0.15) is 4.98 Å². The Morgan fingerprint density at radius 1 is 1.35 bits per heavy atom. The summed E-state index contributed by atoms with van der Waals surface area (Å²) in [7, 11) is 0. The van der Waals surface area contributed by atoms with Crippen molar-refractivity contribution in [1.82, 2.24) is 10.1 Å². The highest BCUT2D eigenvalue weighted by Gasteiger charge is 2.24. The number of aryl methyl sites for hydroxylation is 1. The minimum atomic E-state index is 0.283. The monoisotopic (exact) mass is 271 g/mol. The van der Waals surface area contributed by atoms with Crippen LogP contribution in [0, 0.1) is 5.92 Å². The van der Waals surface area contributed by atoms with Gasteiger partial charge in [0.05, 0.1) is 5.92 Å². The molecule has 106 valence electrons. The number of hydrogen-bond acceptors (Lipinski definition) is 4. The SMILES string of the molecule is CC(C)CCc1noc(C2CNc3ccccc3C2)n1. The Morgan fingerprint density at radius 3 is 3.05 bits per heavy atom. The van der Waals surface area contributed by atoms with Gasteiger partial charge in [-0.05, 0) is 30.4 Å². The van der Waals surface area contributed by atoms with E-state index in [1.165, 1.54) is 11.3 Å². The van der Waals surface area contributed by atoms with E-state index in [9.17, 15) is 0 Å². The highest BCUT2D eigenvalue weighted by Crippen LogP contribution is 2.29. The van der Waals surface area contributed by atoms with Crippen LogP contribution in [0.5, 0.6) is 0 Å². The van der Waals surface area contributed by atoms with Crippen molar-refractivity contribution in [3.05, 3.63) is 41.5 Å². The van der Waals surface area contributed by atoms with Crippen LogP contribution >= 0.6 is 0 Å². The van der Waals surface area contributed by atoms with Crippen molar-refractivity contribution < 1.29 is 4.52 Å². The molecule has 1 aliphatic heterocycles. The first-order valence-electron chi connectivity index (χ1n) is 7.36. The number of nitrogens with zero attached hydrogens (tertiary/aromatic N) is 2. The van der Waals surface area contributed by atoms with Gasteiger partial charge >= 0.3 is 0 Å². The van der Waals surface area contributed by atoms with Crippen LogP contribution in [-0.4, -0.2) is 16.7 Å². The molecule has 1 unspecified atom stereocenters. The van der Waals surface area contributed by atoms with Crippen LogP contribution in [0.25, 0.3) is 0 Å². The molecule has 0 amide bonds. The Balaban J connectivity index is 1.69. The quantitative estimate of drug-likeness (QED) is 0.925. The summed E-state index contributed by atoms with van der Waals surface area (Å²) < 4.78 is 5.45. The first kappa shape index (κ1) is 13.2. The van der Waals surface area contributed by atoms with E-state index in [-0.39, 0.29) is 5.92 Å². The van der Waals surface area contributed by atoms with Gasteiger partial charge in [0.1, 0.15) is 0 Å². The summed E-state index contributed by atoms with van der Waals surface area (Å²) in [4.78, 5) is 4.56. The van der Waals surface area contributed by atoms with Crippen molar-refractivity contribution in [3.63, 3.8) is 0 Å². The molecule has 0 bridgehead atoms. The molecule has 4 heteroatoms. The van der Waals surface area contributed by atoms with Crippen LogP contribution < -0.4 is 5.32 Å². The third-order valence-corrected chi connectivity index (χ3v) is 3.80. The molecule has 0 spiro atoms. The third kappa shape index (κ3) is 2.84. The average molecular weight is 271 g/mol. The second kappa shape index (κ2) is 5.65. The second-order valence-corrected chi connectivity index (χ2v) is 5.92. The number of hydrogen-bond donors (Lipinski definition) is 1. The molecule has 1 aromatic carbocycles. The number of para-hydroxylation sites is 1. The molecular formula is C16H21N3O. The summed E-state index contributed by atoms with van der Waals surface area (Å²) in [5.41, 5.74) is 2.55. The second-order valence-electron chi connectivity index (χ2n) is 5.92. The molecule has 0 radical (unpaired) electrons. The van der Waals surface area contributed by atoms with Gasteiger partial charge in [-0.3, -0.25) is 0 Å². The maximum atomic E-state index is 5.45. The fourth-order valence-corrected chi connectivity index (χ4v) is 2.57. The summed E-state index contributed by atoms with van der Waals surface area (Å²) in [6, 6.07) is 8.41. The molecule has 1 atom stereocenters. The zero-order valence-corrected chi connectivity index (χ0v) is 12.1. The highest BCUT2D eigenvalue weighted by atomic mass is 16.5. The van der Waals surface area contributed by atoms with Crippen molar-refractivity contribution in [2.75, 3.05) is 11.9 Å². The smallest absolute Gasteiger partial charge is 0.231 e. The molecule has 3 rings (SSSR count). The van der Waals surface area contributed by atoms with E-state index in [1.807, 2.05) is 0 Å². The number of aromatic nitrogens is 2. The van der Waals surface area contributed by atoms with Crippen LogP contribution in [0.2, 0.25) is 0 Å². The Labute approximate surface area is 119 Å². The molecule has 0 fully saturated rings. The largest absolute Gasteiger partial charge is 0.384 e. The number of rotatable bonds is 4. The van der Waals surface area contributed by atoms with Crippen molar-refractivity contribution in [2.24, 2.45) is 5.92 Å². The lowest BCUT2D eigenvalue weighted by molar-refractivity contribution is 0.349. The molecule has 20 heavy (non-hydrogen) atoms. The predicted octanol–water partition coefficient (Wildman–Crippen LogP) is 3.41. The zero-order valence-electron chi connectivity index (χ0n) is 12.1. The number of benzene rings is 1. The van der Waals surface area contributed by atoms with Gasteiger partial charge < -0.3 is 9.84 Å². The van der Waals surface area contributed by atoms with Gasteiger partial charge in [-0.1, -0.05) is 37.2 Å². The summed E-state index contributed by atoms with van der Waals surface area (Å²) >= 11 is 0. The van der Waals surface area contributed by atoms with Gasteiger partial charge in [0.25, 0.3) is 0 Å². The van der Waals surface area contributed by atoms with Crippen LogP contribution in [-0.2, 0) is 12.8 Å². The normalized spacial score (nSPS) is 17.9. The fourth-order valence-electron chi connectivity index (χ4n) is 2.57. The van der Waals surface area contributed by atoms with Crippen LogP contribution in [0.1, 0.15) is 43.5 Å². The van der Waals surface area contributed by atoms with Crippen LogP contribution in [0.15, 0.2) is 28.8 Å². The molecule has 4 nitrogen and oxygen atoms in total. The van der Waals surface area contributed by atoms with Gasteiger partial charge in [-0.15, -0.1) is 0 Å². The summed E-state index contributed by atoms with van der Waals surface area (Å²) in [5.74, 6) is 2.56. The van der Waals surface area contributed by atoms with Gasteiger partial charge in [0.2, 0.25) is 5.89 Å². The molecule has 0 saturated heterocycles. The van der Waals surface area contributed by atoms with E-state index >= 15 is 0 Å². The van der Waals surface area contributed by atoms with Crippen molar-refractivity contribution in [2.45, 2.75) is 39.0 Å². The lowest BCUT2D eigenvalue weighted by Crippen LogP contribution is -2.21. The molecule has 2 aromatic rings. The predicted molar refractivity (Wildman–Crippen MR) is 78.8 cm³/mol. The van der Waals surface area contributed by atoms with Crippen LogP contribution in [0.3, 0.4) is 0 Å². The van der Waals surface area contributed by atoms with E-state index < -0.39 is 0 Å². The van der Waals surface area contributed by atoms with Gasteiger partial charge in [-0.25, -0.2) is 0 Å². The standard InChI is InChI=1S/C16H21N3O/c1-11(2)7-8-15-18-16(20-19-15)13-9-12-5-3-4-6-14(12)17-10-13/h3-6,11,13,17H,7-10H2,1-2H3. The minimum Gasteiger partial charge on any atom is -0.384 e. The Hall–Kier alpha value is -1.84. The minimum absolute atomic E-state index is 0.283. The average Bonchev–Trinajstić information content (AvgIpc) is 2.93. The summed E-state index contributed by atoms with van der Waals surface area (Å²) in [5, 5.41) is 7.55. The molecule has 0 aliphatic carbocycles. The Bertz CT molecular complexity index is 577. The number of anilines is 1. The lowest BCUT2D eigenvalue weighted by atomic mass is 9.94. The fraction of sp³-hybridized carbons (Fsp3) is 0.500. The highest BCUT2D eigenvalue weighted by molar-refractivity contribution is 5.53. The van der Waals surface area contributed by atoms with E-state index in [2.05, 4.69) is 53.6 Å². The van der Waals surface area contributed by atoms with E-state index in [0.29, 0.717) is 5.92 Å². The molecule has 0 saturated carbocycles. The van der Waals surface area contributed by atoms with Gasteiger partial charge in [0, 0.05) is 18.7 Å². The Kier molecular flexibility index (Phi) is 3.72. The van der Waals surface area contributed by atoms with E-state index in [4.69, 9.17) is 4.52 Å². The lowest BCUT2D eigenvalue weighted by Gasteiger charge is -2.23. The van der Waals surface area contributed by atoms with Crippen molar-refractivity contribution in [3.8, 4) is 0 Å². The third-order valence-electron chi connectivity index (χ3n) is 3.80. The maximum absolute atomic E-state index is 5.45. The molecular weight excluding hydrogens is 250 g/mol. The first-order valence-corrected chi connectivity index (χ1v) is 7.36.